The van der Waals surface area contributed by atoms with Crippen LogP contribution in [0.4, 0.5) is 0 Å². The van der Waals surface area contributed by atoms with Crippen LogP contribution in [-0.2, 0) is 11.2 Å². The van der Waals surface area contributed by atoms with Crippen LogP contribution in [0.3, 0.4) is 0 Å². The number of carbonyl (C=O) groups is 1. The number of aryl methyl sites for hydroxylation is 1. The molecule has 1 aromatic carbocycles. The Labute approximate surface area is 226 Å². The molecular formula is C33H50N2O2. The maximum absolute atomic E-state index is 12.7. The fourth-order valence-corrected chi connectivity index (χ4v) is 5.51. The largest absolute Gasteiger partial charge is 0.426 e. The zero-order valence-corrected chi connectivity index (χ0v) is 23.6. The molecule has 0 atom stereocenters. The van der Waals surface area contributed by atoms with Gasteiger partial charge < -0.3 is 4.74 Å². The van der Waals surface area contributed by atoms with Crippen LogP contribution in [-0.4, -0.2) is 15.9 Å². The molecular weight excluding hydrogens is 456 g/mol. The zero-order chi connectivity index (χ0) is 26.1. The van der Waals surface area contributed by atoms with Gasteiger partial charge in [-0.15, -0.1) is 0 Å². The Morgan fingerprint density at radius 1 is 0.757 bits per heavy atom. The maximum Gasteiger partial charge on any atom is 0.314 e. The number of unbranched alkanes of at least 4 members (excludes halogenated alkanes) is 10. The Kier molecular flexibility index (Phi) is 13.7. The number of hydrogen-bond acceptors (Lipinski definition) is 4. The molecule has 2 aromatic rings. The minimum absolute atomic E-state index is 0.0444. The summed E-state index contributed by atoms with van der Waals surface area (Å²) in [5.74, 6) is 2.10. The normalized spacial score (nSPS) is 17.6. The molecule has 37 heavy (non-hydrogen) atoms. The number of nitrogens with zero attached hydrogens (tertiary/aromatic N) is 2. The summed E-state index contributed by atoms with van der Waals surface area (Å²) >= 11 is 0. The molecule has 0 N–H and O–H groups in total. The van der Waals surface area contributed by atoms with Crippen LogP contribution in [0.25, 0.3) is 11.4 Å². The third-order valence-corrected chi connectivity index (χ3v) is 8.00. The maximum atomic E-state index is 12.7. The average Bonchev–Trinajstić information content (AvgIpc) is 2.94. The highest BCUT2D eigenvalue weighted by Crippen LogP contribution is 2.33. The summed E-state index contributed by atoms with van der Waals surface area (Å²) in [6.07, 6.45) is 26.5. The van der Waals surface area contributed by atoms with Gasteiger partial charge in [0.2, 0.25) is 0 Å². The van der Waals surface area contributed by atoms with Crippen LogP contribution in [0.2, 0.25) is 0 Å². The topological polar surface area (TPSA) is 52.1 Å². The third kappa shape index (κ3) is 11.0. The number of rotatable bonds is 17. The molecule has 0 amide bonds. The molecule has 1 saturated carbocycles. The Morgan fingerprint density at radius 2 is 1.32 bits per heavy atom. The van der Waals surface area contributed by atoms with Crippen molar-refractivity contribution in [3.05, 3.63) is 42.2 Å². The molecule has 1 aliphatic rings. The van der Waals surface area contributed by atoms with E-state index < -0.39 is 0 Å². The second-order valence-corrected chi connectivity index (χ2v) is 11.2. The van der Waals surface area contributed by atoms with E-state index >= 15 is 0 Å². The van der Waals surface area contributed by atoms with Gasteiger partial charge in [0.25, 0.3) is 0 Å². The zero-order valence-electron chi connectivity index (χ0n) is 23.6. The van der Waals surface area contributed by atoms with E-state index in [4.69, 9.17) is 4.74 Å². The smallest absolute Gasteiger partial charge is 0.314 e. The summed E-state index contributed by atoms with van der Waals surface area (Å²) in [4.78, 5) is 21.9. The summed E-state index contributed by atoms with van der Waals surface area (Å²) < 4.78 is 5.73. The SMILES string of the molecule is CCCCCCCCc1cnc(-c2ccc(OC(=O)C3CCC(CCCCCCCC)CC3)cc2)nc1. The fourth-order valence-electron chi connectivity index (χ4n) is 5.51. The quantitative estimate of drug-likeness (QED) is 0.122. The van der Waals surface area contributed by atoms with Crippen LogP contribution in [0.5, 0.6) is 5.75 Å². The molecule has 0 radical (unpaired) electrons. The number of benzene rings is 1. The predicted molar refractivity (Wildman–Crippen MR) is 154 cm³/mol. The van der Waals surface area contributed by atoms with Crippen molar-refractivity contribution in [2.75, 3.05) is 0 Å². The minimum Gasteiger partial charge on any atom is -0.426 e. The lowest BCUT2D eigenvalue weighted by molar-refractivity contribution is -0.140. The Hall–Kier alpha value is -2.23. The fraction of sp³-hybridized carbons (Fsp3) is 0.667. The van der Waals surface area contributed by atoms with Gasteiger partial charge in [0.15, 0.2) is 5.82 Å². The highest BCUT2D eigenvalue weighted by molar-refractivity contribution is 5.75. The van der Waals surface area contributed by atoms with E-state index in [2.05, 4.69) is 23.8 Å². The van der Waals surface area contributed by atoms with E-state index in [0.717, 1.165) is 30.7 Å². The van der Waals surface area contributed by atoms with Gasteiger partial charge in [0.1, 0.15) is 5.75 Å². The van der Waals surface area contributed by atoms with Gasteiger partial charge in [0.05, 0.1) is 5.92 Å². The van der Waals surface area contributed by atoms with Crippen molar-refractivity contribution < 1.29 is 9.53 Å². The van der Waals surface area contributed by atoms with E-state index in [-0.39, 0.29) is 11.9 Å². The van der Waals surface area contributed by atoms with Crippen molar-refractivity contribution in [1.29, 1.82) is 0 Å². The molecule has 3 rings (SSSR count). The van der Waals surface area contributed by atoms with Crippen molar-refractivity contribution in [1.82, 2.24) is 9.97 Å². The first-order valence-electron chi connectivity index (χ1n) is 15.3. The molecule has 4 nitrogen and oxygen atoms in total. The second kappa shape index (κ2) is 17.3. The van der Waals surface area contributed by atoms with Crippen molar-refractivity contribution in [3.8, 4) is 17.1 Å². The highest BCUT2D eigenvalue weighted by Gasteiger charge is 2.27. The summed E-state index contributed by atoms with van der Waals surface area (Å²) in [6.45, 7) is 4.52. The first kappa shape index (κ1) is 29.3. The Morgan fingerprint density at radius 3 is 1.95 bits per heavy atom. The highest BCUT2D eigenvalue weighted by atomic mass is 16.5. The summed E-state index contributed by atoms with van der Waals surface area (Å²) in [7, 11) is 0. The summed E-state index contributed by atoms with van der Waals surface area (Å²) in [5, 5.41) is 0. The molecule has 204 valence electrons. The van der Waals surface area contributed by atoms with Gasteiger partial charge in [-0.2, -0.15) is 0 Å². The van der Waals surface area contributed by atoms with Crippen LogP contribution < -0.4 is 4.74 Å². The lowest BCUT2D eigenvalue weighted by Gasteiger charge is -2.27. The van der Waals surface area contributed by atoms with E-state index in [1.807, 2.05) is 36.7 Å². The van der Waals surface area contributed by atoms with E-state index in [0.29, 0.717) is 11.6 Å². The van der Waals surface area contributed by atoms with E-state index in [1.54, 1.807) is 0 Å². The molecule has 1 aromatic heterocycles. The first-order chi connectivity index (χ1) is 18.2. The molecule has 4 heteroatoms. The molecule has 0 saturated heterocycles. The summed E-state index contributed by atoms with van der Waals surface area (Å²) in [6, 6.07) is 7.63. The van der Waals surface area contributed by atoms with Gasteiger partial charge in [-0.3, -0.25) is 4.79 Å². The molecule has 1 aliphatic carbocycles. The van der Waals surface area contributed by atoms with Crippen LogP contribution in [0, 0.1) is 11.8 Å². The van der Waals surface area contributed by atoms with Crippen LogP contribution >= 0.6 is 0 Å². The Balaban J connectivity index is 1.35. The predicted octanol–water partition coefficient (Wildman–Crippen LogP) is 9.51. The number of hydrogen-bond donors (Lipinski definition) is 0. The Bertz CT molecular complexity index is 870. The molecule has 0 bridgehead atoms. The van der Waals surface area contributed by atoms with E-state index in [9.17, 15) is 4.79 Å². The molecule has 0 aliphatic heterocycles. The average molecular weight is 507 g/mol. The second-order valence-electron chi connectivity index (χ2n) is 11.2. The first-order valence-corrected chi connectivity index (χ1v) is 15.3. The van der Waals surface area contributed by atoms with Crippen molar-refractivity contribution in [2.24, 2.45) is 11.8 Å². The molecule has 1 fully saturated rings. The van der Waals surface area contributed by atoms with Crippen molar-refractivity contribution in [2.45, 2.75) is 129 Å². The molecule has 0 unspecified atom stereocenters. The van der Waals surface area contributed by atoms with Gasteiger partial charge in [0, 0.05) is 18.0 Å². The van der Waals surface area contributed by atoms with E-state index in [1.165, 1.54) is 102 Å². The lowest BCUT2D eigenvalue weighted by Crippen LogP contribution is -2.25. The van der Waals surface area contributed by atoms with Gasteiger partial charge in [-0.1, -0.05) is 90.9 Å². The van der Waals surface area contributed by atoms with Gasteiger partial charge >= 0.3 is 5.97 Å². The number of aromatic nitrogens is 2. The van der Waals surface area contributed by atoms with Crippen LogP contribution in [0.15, 0.2) is 36.7 Å². The van der Waals surface area contributed by atoms with Crippen LogP contribution in [0.1, 0.15) is 129 Å². The van der Waals surface area contributed by atoms with Crippen molar-refractivity contribution >= 4 is 5.97 Å². The van der Waals surface area contributed by atoms with Gasteiger partial charge in [-0.05, 0) is 74.3 Å². The summed E-state index contributed by atoms with van der Waals surface area (Å²) in [5.41, 5.74) is 2.15. The standard InChI is InChI=1S/C33H50N2O2/c1-3-5-7-9-11-13-15-27-17-19-30(20-18-27)33(36)37-31-23-21-29(22-24-31)32-34-25-28(26-35-32)16-14-12-10-8-6-4-2/h21-27,30H,3-20H2,1-2H3. The number of carbonyl (C=O) groups excluding carboxylic acids is 1. The number of ether oxygens (including phenoxy) is 1. The molecule has 0 spiro atoms. The van der Waals surface area contributed by atoms with Gasteiger partial charge in [-0.25, -0.2) is 9.97 Å². The monoisotopic (exact) mass is 506 g/mol. The third-order valence-electron chi connectivity index (χ3n) is 8.00. The lowest BCUT2D eigenvalue weighted by atomic mass is 9.80. The molecule has 1 heterocycles. The minimum atomic E-state index is -0.0685. The van der Waals surface area contributed by atoms with Crippen molar-refractivity contribution in [3.63, 3.8) is 0 Å². The number of esters is 1.